The molecule has 0 atom stereocenters. The van der Waals surface area contributed by atoms with E-state index >= 15 is 0 Å². The minimum atomic E-state index is -3.72. The van der Waals surface area contributed by atoms with Gasteiger partial charge < -0.3 is 4.74 Å². The molecular weight excluding hydrogens is 427 g/mol. The number of ether oxygens (including phenoxy) is 1. The molecule has 0 unspecified atom stereocenters. The van der Waals surface area contributed by atoms with Crippen LogP contribution in [-0.2, 0) is 35.8 Å². The first-order valence-electron chi connectivity index (χ1n) is 10.8. The van der Waals surface area contributed by atoms with Crippen LogP contribution in [0.2, 0.25) is 0 Å². The van der Waals surface area contributed by atoms with Gasteiger partial charge in [-0.2, -0.15) is 0 Å². The summed E-state index contributed by atoms with van der Waals surface area (Å²) in [5.41, 5.74) is 5.20. The smallest absolute Gasteiger partial charge is 0.261 e. The average molecular weight is 453 g/mol. The fourth-order valence-electron chi connectivity index (χ4n) is 4.36. The van der Waals surface area contributed by atoms with Crippen LogP contribution in [0.25, 0.3) is 0 Å². The summed E-state index contributed by atoms with van der Waals surface area (Å²) in [6.07, 6.45) is 2.78. The second-order valence-corrected chi connectivity index (χ2v) is 10.0. The van der Waals surface area contributed by atoms with E-state index in [1.54, 1.807) is 12.1 Å². The molecule has 5 nitrogen and oxygen atoms in total. The van der Waals surface area contributed by atoms with Gasteiger partial charge in [0.15, 0.2) is 0 Å². The van der Waals surface area contributed by atoms with Gasteiger partial charge in [0, 0.05) is 31.7 Å². The number of halogens is 1. The Balaban J connectivity index is 1.23. The maximum atomic E-state index is 13.1. The zero-order chi connectivity index (χ0) is 22.1. The summed E-state index contributed by atoms with van der Waals surface area (Å²) in [7, 11) is -3.72. The van der Waals surface area contributed by atoms with Crippen molar-refractivity contribution in [3.63, 3.8) is 0 Å². The van der Waals surface area contributed by atoms with Gasteiger partial charge in [0.1, 0.15) is 11.6 Å². The molecule has 0 aliphatic carbocycles. The number of sulfonamides is 1. The van der Waals surface area contributed by atoms with Gasteiger partial charge in [0.25, 0.3) is 10.0 Å². The summed E-state index contributed by atoms with van der Waals surface area (Å²) in [5, 5.41) is 0. The van der Waals surface area contributed by atoms with Crippen LogP contribution in [0, 0.1) is 5.82 Å². The normalized spacial score (nSPS) is 15.7. The van der Waals surface area contributed by atoms with Gasteiger partial charge in [0.05, 0.1) is 11.5 Å². The molecule has 32 heavy (non-hydrogen) atoms. The maximum Gasteiger partial charge on any atom is 0.261 e. The van der Waals surface area contributed by atoms with E-state index in [1.165, 1.54) is 41.0 Å². The predicted molar refractivity (Wildman–Crippen MR) is 122 cm³/mol. The van der Waals surface area contributed by atoms with Gasteiger partial charge in [-0.1, -0.05) is 18.2 Å². The highest BCUT2D eigenvalue weighted by molar-refractivity contribution is 7.92. The topological polar surface area (TPSA) is 58.6 Å². The first-order chi connectivity index (χ1) is 15.5. The van der Waals surface area contributed by atoms with Crippen LogP contribution in [0.4, 0.5) is 10.1 Å². The molecular formula is C25H25FN2O3S. The largest absolute Gasteiger partial charge is 0.493 e. The van der Waals surface area contributed by atoms with E-state index in [0.717, 1.165) is 56.8 Å². The molecule has 7 heteroatoms. The first kappa shape index (κ1) is 21.0. The summed E-state index contributed by atoms with van der Waals surface area (Å²) in [4.78, 5) is 2.64. The first-order valence-corrected chi connectivity index (χ1v) is 12.3. The lowest BCUT2D eigenvalue weighted by molar-refractivity contribution is 0.257. The lowest BCUT2D eigenvalue weighted by Crippen LogP contribution is -2.32. The molecule has 0 saturated heterocycles. The second-order valence-electron chi connectivity index (χ2n) is 8.36. The third kappa shape index (κ3) is 4.49. The van der Waals surface area contributed by atoms with Crippen LogP contribution in [0.5, 0.6) is 5.75 Å². The SMILES string of the molecule is O=S(=O)(Nc1ccc(F)cc1)c1ccc2c(c1)CCN(CCc1ccc3c(c1)CCO3)C2. The molecule has 3 aromatic carbocycles. The fourth-order valence-corrected chi connectivity index (χ4v) is 5.47. The molecule has 166 valence electrons. The van der Waals surface area contributed by atoms with E-state index in [4.69, 9.17) is 4.74 Å². The summed E-state index contributed by atoms with van der Waals surface area (Å²) >= 11 is 0. The van der Waals surface area contributed by atoms with Crippen LogP contribution in [-0.4, -0.2) is 33.0 Å². The third-order valence-corrected chi connectivity index (χ3v) is 7.53. The molecule has 3 aromatic rings. The van der Waals surface area contributed by atoms with Gasteiger partial charge >= 0.3 is 0 Å². The average Bonchev–Trinajstić information content (AvgIpc) is 3.26. The molecule has 0 saturated carbocycles. The highest BCUT2D eigenvalue weighted by Gasteiger charge is 2.21. The number of nitrogens with one attached hydrogen (secondary N) is 1. The Morgan fingerprint density at radius 2 is 1.78 bits per heavy atom. The highest BCUT2D eigenvalue weighted by Crippen LogP contribution is 2.27. The van der Waals surface area contributed by atoms with Crippen molar-refractivity contribution in [1.82, 2.24) is 4.90 Å². The summed E-state index contributed by atoms with van der Waals surface area (Å²) in [5.74, 6) is 0.608. The number of fused-ring (bicyclic) bond motifs is 2. The third-order valence-electron chi connectivity index (χ3n) is 6.15. The van der Waals surface area contributed by atoms with Crippen molar-refractivity contribution in [3.8, 4) is 5.75 Å². The molecule has 0 spiro atoms. The van der Waals surface area contributed by atoms with Crippen LogP contribution >= 0.6 is 0 Å². The van der Waals surface area contributed by atoms with E-state index in [2.05, 4.69) is 27.8 Å². The minimum absolute atomic E-state index is 0.231. The molecule has 2 heterocycles. The van der Waals surface area contributed by atoms with E-state index in [0.29, 0.717) is 5.69 Å². The molecule has 0 fully saturated rings. The van der Waals surface area contributed by atoms with E-state index in [-0.39, 0.29) is 4.90 Å². The van der Waals surface area contributed by atoms with Gasteiger partial charge in [0.2, 0.25) is 0 Å². The Labute approximate surface area is 187 Å². The molecule has 0 radical (unpaired) electrons. The van der Waals surface area contributed by atoms with Gasteiger partial charge in [-0.25, -0.2) is 12.8 Å². The highest BCUT2D eigenvalue weighted by atomic mass is 32.2. The molecule has 0 aromatic heterocycles. The zero-order valence-corrected chi connectivity index (χ0v) is 18.5. The van der Waals surface area contributed by atoms with Crippen molar-refractivity contribution in [1.29, 1.82) is 0 Å². The van der Waals surface area contributed by atoms with Crippen molar-refractivity contribution in [2.45, 2.75) is 30.7 Å². The number of hydrogen-bond acceptors (Lipinski definition) is 4. The van der Waals surface area contributed by atoms with Crippen LogP contribution in [0.1, 0.15) is 22.3 Å². The number of benzene rings is 3. The Morgan fingerprint density at radius 3 is 2.62 bits per heavy atom. The van der Waals surface area contributed by atoms with Crippen LogP contribution < -0.4 is 9.46 Å². The molecule has 0 bridgehead atoms. The molecule has 2 aliphatic rings. The number of rotatable bonds is 6. The van der Waals surface area contributed by atoms with Crippen molar-refractivity contribution in [2.75, 3.05) is 24.4 Å². The second kappa shape index (κ2) is 8.56. The Hall–Kier alpha value is -2.90. The number of anilines is 1. The quantitative estimate of drug-likeness (QED) is 0.610. The van der Waals surface area contributed by atoms with Gasteiger partial charge in [-0.15, -0.1) is 0 Å². The fraction of sp³-hybridized carbons (Fsp3) is 0.280. The van der Waals surface area contributed by atoms with E-state index in [1.807, 2.05) is 6.07 Å². The maximum absolute atomic E-state index is 13.1. The van der Waals surface area contributed by atoms with Crippen LogP contribution in [0.15, 0.2) is 65.6 Å². The predicted octanol–water partition coefficient (Wildman–Crippen LogP) is 4.16. The van der Waals surface area contributed by atoms with Crippen LogP contribution in [0.3, 0.4) is 0 Å². The summed E-state index contributed by atoms with van der Waals surface area (Å²) < 4.78 is 46.7. The van der Waals surface area contributed by atoms with Crippen molar-refractivity contribution >= 4 is 15.7 Å². The van der Waals surface area contributed by atoms with E-state index < -0.39 is 15.8 Å². The van der Waals surface area contributed by atoms with Gasteiger partial charge in [-0.3, -0.25) is 9.62 Å². The number of hydrogen-bond donors (Lipinski definition) is 1. The van der Waals surface area contributed by atoms with Crippen molar-refractivity contribution < 1.29 is 17.5 Å². The Bertz CT molecular complexity index is 1240. The Kier molecular flexibility index (Phi) is 5.61. The zero-order valence-electron chi connectivity index (χ0n) is 17.7. The molecule has 5 rings (SSSR count). The number of nitrogens with zero attached hydrogens (tertiary/aromatic N) is 1. The summed E-state index contributed by atoms with van der Waals surface area (Å²) in [6, 6.07) is 17.1. The van der Waals surface area contributed by atoms with Crippen molar-refractivity contribution in [3.05, 3.63) is 88.7 Å². The van der Waals surface area contributed by atoms with E-state index in [9.17, 15) is 12.8 Å². The molecule has 0 amide bonds. The molecule has 1 N–H and O–H groups in total. The van der Waals surface area contributed by atoms with Crippen molar-refractivity contribution in [2.24, 2.45) is 0 Å². The summed E-state index contributed by atoms with van der Waals surface area (Å²) in [6.45, 7) is 3.45. The molecule has 2 aliphatic heterocycles. The lowest BCUT2D eigenvalue weighted by Gasteiger charge is -2.29. The standard InChI is InChI=1S/C25H25FN2O3S/c26-22-3-5-23(6-4-22)27-32(29,30)24-7-2-21-17-28(13-10-19(21)16-24)12-9-18-1-8-25-20(15-18)11-14-31-25/h1-8,15-16,27H,9-14,17H2. The lowest BCUT2D eigenvalue weighted by atomic mass is 9.99. The Morgan fingerprint density at radius 1 is 0.938 bits per heavy atom. The van der Waals surface area contributed by atoms with Gasteiger partial charge in [-0.05, 0) is 77.6 Å². The minimum Gasteiger partial charge on any atom is -0.493 e. The monoisotopic (exact) mass is 452 g/mol.